The predicted octanol–water partition coefficient (Wildman–Crippen LogP) is 9.62. The molecule has 0 aliphatic rings. The lowest BCUT2D eigenvalue weighted by atomic mass is 10.0. The van der Waals surface area contributed by atoms with Crippen LogP contribution in [0.3, 0.4) is 0 Å². The van der Waals surface area contributed by atoms with Crippen molar-refractivity contribution in [3.63, 3.8) is 0 Å². The number of ketones is 2. The standard InChI is InChI=1S/C40H42Cl2N6O8/c1-7-53-27-13-17-33(35(21-27)55-9-3)43-39(51)37(23(5)49)47-45-31-15-11-25(19-29(31)41)26-12-16-32(30(42)20-26)46-48-38(24(6)50)40(52)44-34-18-14-28(54-8-2)22-36(34)56-10-4/h11-22,37-38H,7-10H2,1-6H3,(H,43,51)(H,44,52). The monoisotopic (exact) mass is 804 g/mol. The first kappa shape index (κ1) is 42.9. The summed E-state index contributed by atoms with van der Waals surface area (Å²) in [6.07, 6.45) is 0. The molecule has 14 nitrogen and oxygen atoms in total. The van der Waals surface area contributed by atoms with E-state index in [1.165, 1.54) is 13.8 Å². The molecule has 0 spiro atoms. The van der Waals surface area contributed by atoms with Crippen molar-refractivity contribution in [3.05, 3.63) is 82.8 Å². The molecule has 2 atom stereocenters. The van der Waals surface area contributed by atoms with Crippen molar-refractivity contribution < 1.29 is 38.1 Å². The molecule has 0 aliphatic carbocycles. The van der Waals surface area contributed by atoms with E-state index in [0.717, 1.165) is 0 Å². The Morgan fingerprint density at radius 1 is 0.554 bits per heavy atom. The Kier molecular flexibility index (Phi) is 15.9. The zero-order valence-corrected chi connectivity index (χ0v) is 33.2. The molecule has 0 aliphatic heterocycles. The molecule has 4 aromatic rings. The number of nitrogens with one attached hydrogen (secondary N) is 2. The first-order valence-corrected chi connectivity index (χ1v) is 18.5. The fraction of sp³-hybridized carbons (Fsp3) is 0.300. The van der Waals surface area contributed by atoms with Gasteiger partial charge in [0.25, 0.3) is 11.8 Å². The zero-order chi connectivity index (χ0) is 40.8. The van der Waals surface area contributed by atoms with Crippen LogP contribution in [-0.2, 0) is 19.2 Å². The van der Waals surface area contributed by atoms with Crippen LogP contribution >= 0.6 is 23.2 Å². The average molecular weight is 806 g/mol. The van der Waals surface area contributed by atoms with Gasteiger partial charge in [-0.3, -0.25) is 19.2 Å². The van der Waals surface area contributed by atoms with E-state index in [1.807, 2.05) is 13.8 Å². The molecule has 4 aromatic carbocycles. The number of carbonyl (C=O) groups excluding carboxylic acids is 4. The summed E-state index contributed by atoms with van der Waals surface area (Å²) in [4.78, 5) is 51.2. The van der Waals surface area contributed by atoms with Crippen molar-refractivity contribution in [2.75, 3.05) is 37.1 Å². The summed E-state index contributed by atoms with van der Waals surface area (Å²) in [6, 6.07) is 16.8. The maximum absolute atomic E-state index is 13.1. The van der Waals surface area contributed by atoms with Crippen LogP contribution in [-0.4, -0.2) is 61.9 Å². The lowest BCUT2D eigenvalue weighted by molar-refractivity contribution is -0.127. The molecule has 0 saturated carbocycles. The van der Waals surface area contributed by atoms with E-state index >= 15 is 0 Å². The number of halogens is 2. The largest absolute Gasteiger partial charge is 0.494 e. The molecule has 2 amide bonds. The maximum Gasteiger partial charge on any atom is 0.258 e. The predicted molar refractivity (Wildman–Crippen MR) is 215 cm³/mol. The smallest absolute Gasteiger partial charge is 0.258 e. The van der Waals surface area contributed by atoms with Crippen molar-refractivity contribution >= 4 is 69.3 Å². The van der Waals surface area contributed by atoms with E-state index in [4.69, 9.17) is 42.1 Å². The Bertz CT molecular complexity index is 1980. The lowest BCUT2D eigenvalue weighted by Gasteiger charge is -2.15. The number of benzene rings is 4. The quantitative estimate of drug-likeness (QED) is 0.0695. The average Bonchev–Trinajstić information content (AvgIpc) is 3.15. The van der Waals surface area contributed by atoms with E-state index in [0.29, 0.717) is 71.9 Å². The van der Waals surface area contributed by atoms with Crippen molar-refractivity contribution in [2.45, 2.75) is 53.6 Å². The van der Waals surface area contributed by atoms with E-state index in [1.54, 1.807) is 86.6 Å². The van der Waals surface area contributed by atoms with Crippen LogP contribution in [0.25, 0.3) is 11.1 Å². The summed E-state index contributed by atoms with van der Waals surface area (Å²) in [5.41, 5.74) is 2.43. The van der Waals surface area contributed by atoms with Gasteiger partial charge in [0.1, 0.15) is 34.4 Å². The SMILES string of the molecule is CCOc1ccc(NC(=O)C(N=Nc2ccc(-c3ccc(N=NC(C(C)=O)C(=O)Nc4ccc(OCC)cc4OCC)c(Cl)c3)cc2Cl)C(C)=O)c(OCC)c1. The Morgan fingerprint density at radius 3 is 1.25 bits per heavy atom. The minimum Gasteiger partial charge on any atom is -0.494 e. The fourth-order valence-electron chi connectivity index (χ4n) is 5.09. The van der Waals surface area contributed by atoms with Gasteiger partial charge in [-0.05, 0) is 101 Å². The van der Waals surface area contributed by atoms with E-state index in [-0.39, 0.29) is 21.4 Å². The Hall–Kier alpha value is -5.86. The fourth-order valence-corrected chi connectivity index (χ4v) is 5.53. The van der Waals surface area contributed by atoms with Gasteiger partial charge in [0.05, 0.1) is 47.8 Å². The number of amides is 2. The summed E-state index contributed by atoms with van der Waals surface area (Å²) < 4.78 is 22.3. The van der Waals surface area contributed by atoms with Gasteiger partial charge in [-0.2, -0.15) is 20.5 Å². The van der Waals surface area contributed by atoms with Crippen LogP contribution in [0.1, 0.15) is 41.5 Å². The highest BCUT2D eigenvalue weighted by atomic mass is 35.5. The number of nitrogens with zero attached hydrogens (tertiary/aromatic N) is 4. The normalized spacial score (nSPS) is 12.2. The molecule has 4 rings (SSSR count). The van der Waals surface area contributed by atoms with E-state index in [9.17, 15) is 19.2 Å². The number of rotatable bonds is 19. The third-order valence-electron chi connectivity index (χ3n) is 7.70. The first-order chi connectivity index (χ1) is 26.9. The number of hydrogen-bond donors (Lipinski definition) is 2. The highest BCUT2D eigenvalue weighted by Crippen LogP contribution is 2.36. The molecule has 0 aromatic heterocycles. The van der Waals surface area contributed by atoms with Gasteiger partial charge in [-0.1, -0.05) is 35.3 Å². The van der Waals surface area contributed by atoms with Crippen LogP contribution in [0, 0.1) is 0 Å². The van der Waals surface area contributed by atoms with E-state index < -0.39 is 35.5 Å². The van der Waals surface area contributed by atoms with Gasteiger partial charge in [-0.15, -0.1) is 0 Å². The van der Waals surface area contributed by atoms with E-state index in [2.05, 4.69) is 31.1 Å². The molecule has 294 valence electrons. The molecule has 0 fully saturated rings. The summed E-state index contributed by atoms with van der Waals surface area (Å²) in [7, 11) is 0. The van der Waals surface area contributed by atoms with Gasteiger partial charge in [0.15, 0.2) is 11.6 Å². The third kappa shape index (κ3) is 11.6. The topological polar surface area (TPSA) is 179 Å². The number of ether oxygens (including phenoxy) is 4. The molecule has 0 radical (unpaired) electrons. The van der Waals surface area contributed by atoms with Crippen molar-refractivity contribution in [1.82, 2.24) is 0 Å². The van der Waals surface area contributed by atoms with Crippen LogP contribution in [0.5, 0.6) is 23.0 Å². The minimum absolute atomic E-state index is 0.189. The van der Waals surface area contributed by atoms with Crippen LogP contribution < -0.4 is 29.6 Å². The molecule has 2 N–H and O–H groups in total. The minimum atomic E-state index is -1.46. The highest BCUT2D eigenvalue weighted by molar-refractivity contribution is 6.34. The second-order valence-corrected chi connectivity index (χ2v) is 12.6. The first-order valence-electron chi connectivity index (χ1n) is 17.7. The number of anilines is 2. The number of azo groups is 2. The molecule has 56 heavy (non-hydrogen) atoms. The molecular weight excluding hydrogens is 763 g/mol. The second kappa shape index (κ2) is 20.7. The molecule has 0 heterocycles. The number of Topliss-reactive ketones (excluding diaryl/α,β-unsaturated/α-hetero) is 2. The third-order valence-corrected chi connectivity index (χ3v) is 8.31. The van der Waals surface area contributed by atoms with Gasteiger partial charge >= 0.3 is 0 Å². The van der Waals surface area contributed by atoms with Crippen molar-refractivity contribution in [1.29, 1.82) is 0 Å². The second-order valence-electron chi connectivity index (χ2n) is 11.8. The van der Waals surface area contributed by atoms with Crippen LogP contribution in [0.15, 0.2) is 93.3 Å². The summed E-state index contributed by atoms with van der Waals surface area (Å²) in [5, 5.41) is 22.0. The molecule has 0 saturated heterocycles. The van der Waals surface area contributed by atoms with Gasteiger partial charge < -0.3 is 29.6 Å². The zero-order valence-electron chi connectivity index (χ0n) is 31.7. The molecule has 0 bridgehead atoms. The summed E-state index contributed by atoms with van der Waals surface area (Å²) in [6.45, 7) is 11.4. The molecule has 16 heteroatoms. The van der Waals surface area contributed by atoms with Gasteiger partial charge in [0.2, 0.25) is 12.1 Å². The Balaban J connectivity index is 1.47. The van der Waals surface area contributed by atoms with Crippen LogP contribution in [0.2, 0.25) is 10.0 Å². The van der Waals surface area contributed by atoms with Gasteiger partial charge in [0, 0.05) is 12.1 Å². The lowest BCUT2D eigenvalue weighted by Crippen LogP contribution is -2.32. The number of hydrogen-bond acceptors (Lipinski definition) is 12. The molecular formula is C40H42Cl2N6O8. The maximum atomic E-state index is 13.1. The molecule has 2 unspecified atom stereocenters. The van der Waals surface area contributed by atoms with Gasteiger partial charge in [-0.25, -0.2) is 0 Å². The Labute approximate surface area is 334 Å². The van der Waals surface area contributed by atoms with Crippen molar-refractivity contribution in [3.8, 4) is 34.1 Å². The Morgan fingerprint density at radius 2 is 0.929 bits per heavy atom. The van der Waals surface area contributed by atoms with Crippen LogP contribution in [0.4, 0.5) is 22.7 Å². The number of carbonyl (C=O) groups is 4. The van der Waals surface area contributed by atoms with Crippen molar-refractivity contribution in [2.24, 2.45) is 20.5 Å². The highest BCUT2D eigenvalue weighted by Gasteiger charge is 2.26. The summed E-state index contributed by atoms with van der Waals surface area (Å²) in [5.74, 6) is -0.591. The summed E-state index contributed by atoms with van der Waals surface area (Å²) >= 11 is 13.1.